The summed E-state index contributed by atoms with van der Waals surface area (Å²) < 4.78 is 0. The number of hydrogen-bond acceptors (Lipinski definition) is 2. The molecule has 0 aliphatic heterocycles. The summed E-state index contributed by atoms with van der Waals surface area (Å²) >= 11 is 0. The highest BCUT2D eigenvalue weighted by atomic mass is 16.4. The van der Waals surface area contributed by atoms with Crippen molar-refractivity contribution in [2.24, 2.45) is 11.8 Å². The topological polar surface area (TPSA) is 40.5 Å². The molecule has 0 bridgehead atoms. The minimum Gasteiger partial charge on any atom is -0.481 e. The van der Waals surface area contributed by atoms with Gasteiger partial charge in [-0.2, -0.15) is 0 Å². The molecule has 2 atom stereocenters. The van der Waals surface area contributed by atoms with Crippen LogP contribution in [0.15, 0.2) is 0 Å². The van der Waals surface area contributed by atoms with Crippen LogP contribution in [0.3, 0.4) is 0 Å². The van der Waals surface area contributed by atoms with Crippen LogP contribution in [0.4, 0.5) is 0 Å². The van der Waals surface area contributed by atoms with E-state index in [1.807, 2.05) is 6.92 Å². The van der Waals surface area contributed by atoms with Gasteiger partial charge in [-0.25, -0.2) is 0 Å². The van der Waals surface area contributed by atoms with E-state index in [-0.39, 0.29) is 5.92 Å². The number of rotatable bonds is 5. The van der Waals surface area contributed by atoms with Gasteiger partial charge < -0.3 is 10.0 Å². The molecule has 3 heteroatoms. The second-order valence-electron chi connectivity index (χ2n) is 5.05. The summed E-state index contributed by atoms with van der Waals surface area (Å²) in [5.74, 6) is -0.181. The number of carbonyl (C=O) groups is 1. The summed E-state index contributed by atoms with van der Waals surface area (Å²) in [7, 11) is 4.13. The van der Waals surface area contributed by atoms with E-state index in [0.717, 1.165) is 6.42 Å². The molecule has 1 aliphatic carbocycles. The number of aliphatic carboxylic acids is 1. The summed E-state index contributed by atoms with van der Waals surface area (Å²) in [4.78, 5) is 13.1. The van der Waals surface area contributed by atoms with Crippen LogP contribution in [0.25, 0.3) is 0 Å². The van der Waals surface area contributed by atoms with E-state index >= 15 is 0 Å². The second-order valence-corrected chi connectivity index (χ2v) is 5.05. The molecule has 3 nitrogen and oxygen atoms in total. The molecule has 0 saturated heterocycles. The van der Waals surface area contributed by atoms with Crippen molar-refractivity contribution in [3.05, 3.63) is 0 Å². The highest BCUT2D eigenvalue weighted by Gasteiger charge is 2.29. The van der Waals surface area contributed by atoms with E-state index in [1.165, 1.54) is 25.7 Å². The van der Waals surface area contributed by atoms with Crippen molar-refractivity contribution in [1.29, 1.82) is 0 Å². The summed E-state index contributed by atoms with van der Waals surface area (Å²) in [5.41, 5.74) is 0. The molecule has 0 amide bonds. The molecule has 0 aromatic rings. The van der Waals surface area contributed by atoms with Crippen LogP contribution < -0.4 is 0 Å². The third-order valence-corrected chi connectivity index (χ3v) is 3.62. The first-order valence-corrected chi connectivity index (χ1v) is 5.91. The van der Waals surface area contributed by atoms with Crippen molar-refractivity contribution in [1.82, 2.24) is 4.90 Å². The predicted molar refractivity (Wildman–Crippen MR) is 60.8 cm³/mol. The Hall–Kier alpha value is -0.570. The molecule has 0 heterocycles. The van der Waals surface area contributed by atoms with Gasteiger partial charge in [-0.05, 0) is 39.3 Å². The van der Waals surface area contributed by atoms with Gasteiger partial charge in [0, 0.05) is 6.04 Å². The SMILES string of the molecule is CC(CC(C1CCCC1)N(C)C)C(=O)O. The fourth-order valence-electron chi connectivity index (χ4n) is 2.63. The van der Waals surface area contributed by atoms with Crippen LogP contribution in [0, 0.1) is 11.8 Å². The molecule has 1 fully saturated rings. The zero-order valence-corrected chi connectivity index (χ0v) is 10.1. The lowest BCUT2D eigenvalue weighted by Gasteiger charge is -2.31. The fraction of sp³-hybridized carbons (Fsp3) is 0.917. The molecule has 0 spiro atoms. The van der Waals surface area contributed by atoms with E-state index in [9.17, 15) is 4.79 Å². The molecule has 0 aromatic heterocycles. The first kappa shape index (κ1) is 12.5. The number of carboxylic acids is 1. The van der Waals surface area contributed by atoms with Crippen molar-refractivity contribution in [2.45, 2.75) is 45.1 Å². The first-order chi connectivity index (χ1) is 7.02. The molecule has 1 N–H and O–H groups in total. The Balaban J connectivity index is 2.53. The van der Waals surface area contributed by atoms with Gasteiger partial charge in [0.1, 0.15) is 0 Å². The maximum Gasteiger partial charge on any atom is 0.306 e. The maximum absolute atomic E-state index is 10.9. The Bertz CT molecular complexity index is 210. The molecule has 15 heavy (non-hydrogen) atoms. The van der Waals surface area contributed by atoms with Crippen molar-refractivity contribution >= 4 is 5.97 Å². The molecule has 2 unspecified atom stereocenters. The van der Waals surface area contributed by atoms with Crippen molar-refractivity contribution in [3.8, 4) is 0 Å². The minimum atomic E-state index is -0.667. The van der Waals surface area contributed by atoms with Crippen LogP contribution in [0.2, 0.25) is 0 Å². The Labute approximate surface area is 92.5 Å². The standard InChI is InChI=1S/C12H23NO2/c1-9(12(14)15)8-11(13(2)3)10-6-4-5-7-10/h9-11H,4-8H2,1-3H3,(H,14,15). The van der Waals surface area contributed by atoms with E-state index in [4.69, 9.17) is 5.11 Å². The normalized spacial score (nSPS) is 21.9. The highest BCUT2D eigenvalue weighted by molar-refractivity contribution is 5.69. The quantitative estimate of drug-likeness (QED) is 0.761. The molecular formula is C12H23NO2. The largest absolute Gasteiger partial charge is 0.481 e. The molecule has 88 valence electrons. The summed E-state index contributed by atoms with van der Waals surface area (Å²) in [6.07, 6.45) is 5.96. The van der Waals surface area contributed by atoms with Crippen LogP contribution >= 0.6 is 0 Å². The zero-order valence-electron chi connectivity index (χ0n) is 10.1. The van der Waals surface area contributed by atoms with E-state index in [1.54, 1.807) is 0 Å². The van der Waals surface area contributed by atoms with Gasteiger partial charge in [0.2, 0.25) is 0 Å². The molecule has 1 saturated carbocycles. The van der Waals surface area contributed by atoms with Gasteiger partial charge in [0.15, 0.2) is 0 Å². The first-order valence-electron chi connectivity index (χ1n) is 5.91. The lowest BCUT2D eigenvalue weighted by molar-refractivity contribution is -0.141. The Morgan fingerprint density at radius 2 is 1.93 bits per heavy atom. The third kappa shape index (κ3) is 3.49. The molecule has 0 radical (unpaired) electrons. The van der Waals surface area contributed by atoms with Crippen molar-refractivity contribution < 1.29 is 9.90 Å². The Morgan fingerprint density at radius 3 is 2.33 bits per heavy atom. The van der Waals surface area contributed by atoms with Crippen molar-refractivity contribution in [3.63, 3.8) is 0 Å². The van der Waals surface area contributed by atoms with Gasteiger partial charge in [-0.3, -0.25) is 4.79 Å². The number of hydrogen-bond donors (Lipinski definition) is 1. The zero-order chi connectivity index (χ0) is 11.4. The van der Waals surface area contributed by atoms with Crippen LogP contribution in [0.5, 0.6) is 0 Å². The monoisotopic (exact) mass is 213 g/mol. The van der Waals surface area contributed by atoms with E-state index in [2.05, 4.69) is 19.0 Å². The number of carboxylic acid groups (broad SMARTS) is 1. The fourth-order valence-corrected chi connectivity index (χ4v) is 2.63. The van der Waals surface area contributed by atoms with Gasteiger partial charge in [-0.1, -0.05) is 19.8 Å². The summed E-state index contributed by atoms with van der Waals surface area (Å²) in [6, 6.07) is 0.443. The third-order valence-electron chi connectivity index (χ3n) is 3.62. The van der Waals surface area contributed by atoms with Crippen LogP contribution in [-0.2, 0) is 4.79 Å². The van der Waals surface area contributed by atoms with E-state index < -0.39 is 5.97 Å². The summed E-state index contributed by atoms with van der Waals surface area (Å²) in [6.45, 7) is 1.81. The average molecular weight is 213 g/mol. The van der Waals surface area contributed by atoms with Gasteiger partial charge in [0.25, 0.3) is 0 Å². The minimum absolute atomic E-state index is 0.224. The smallest absolute Gasteiger partial charge is 0.306 e. The lowest BCUT2D eigenvalue weighted by Crippen LogP contribution is -2.36. The predicted octanol–water partition coefficient (Wildman–Crippen LogP) is 2.22. The second kappa shape index (κ2) is 5.50. The average Bonchev–Trinajstić information content (AvgIpc) is 2.65. The van der Waals surface area contributed by atoms with E-state index in [0.29, 0.717) is 12.0 Å². The molecular weight excluding hydrogens is 190 g/mol. The molecule has 1 rings (SSSR count). The van der Waals surface area contributed by atoms with Gasteiger partial charge >= 0.3 is 5.97 Å². The highest BCUT2D eigenvalue weighted by Crippen LogP contribution is 2.32. The summed E-state index contributed by atoms with van der Waals surface area (Å²) in [5, 5.41) is 8.94. The van der Waals surface area contributed by atoms with Crippen LogP contribution in [0.1, 0.15) is 39.0 Å². The Kier molecular flexibility index (Phi) is 4.58. The van der Waals surface area contributed by atoms with Gasteiger partial charge in [0.05, 0.1) is 5.92 Å². The van der Waals surface area contributed by atoms with Gasteiger partial charge in [-0.15, -0.1) is 0 Å². The molecule has 0 aromatic carbocycles. The maximum atomic E-state index is 10.9. The molecule has 1 aliphatic rings. The van der Waals surface area contributed by atoms with Crippen LogP contribution in [-0.4, -0.2) is 36.1 Å². The van der Waals surface area contributed by atoms with Crippen molar-refractivity contribution in [2.75, 3.05) is 14.1 Å². The number of nitrogens with zero attached hydrogens (tertiary/aromatic N) is 1. The Morgan fingerprint density at radius 1 is 1.40 bits per heavy atom. The lowest BCUT2D eigenvalue weighted by atomic mass is 9.89.